The second kappa shape index (κ2) is 9.78. The zero-order valence-electron chi connectivity index (χ0n) is 26.3. The number of para-hydroxylation sites is 2. The second-order valence-corrected chi connectivity index (χ2v) is 14.3. The van der Waals surface area contributed by atoms with Crippen molar-refractivity contribution in [2.45, 2.75) is 19.3 Å². The summed E-state index contributed by atoms with van der Waals surface area (Å²) in [6.45, 7) is 4.73. The molecule has 1 nitrogen and oxygen atoms in total. The first-order valence-electron chi connectivity index (χ1n) is 16.4. The van der Waals surface area contributed by atoms with E-state index in [2.05, 4.69) is 170 Å². The number of benzene rings is 7. The van der Waals surface area contributed by atoms with Gasteiger partial charge in [-0.25, -0.2) is 0 Å². The fourth-order valence-electron chi connectivity index (χ4n) is 8.12. The fourth-order valence-corrected chi connectivity index (χ4v) is 9.52. The highest BCUT2D eigenvalue weighted by atomic mass is 32.1. The fraction of sp³-hybridized carbons (Fsp3) is 0.0667. The minimum atomic E-state index is 0.00835. The van der Waals surface area contributed by atoms with E-state index in [-0.39, 0.29) is 5.41 Å². The molecule has 0 atom stereocenters. The van der Waals surface area contributed by atoms with Crippen molar-refractivity contribution in [1.82, 2.24) is 4.57 Å². The van der Waals surface area contributed by atoms with Crippen LogP contribution in [0.2, 0.25) is 0 Å². The highest BCUT2D eigenvalue weighted by molar-refractivity contribution is 7.27. The van der Waals surface area contributed by atoms with E-state index in [4.69, 9.17) is 0 Å². The Bertz CT molecular complexity index is 2690. The summed E-state index contributed by atoms with van der Waals surface area (Å²) in [4.78, 5) is 0. The van der Waals surface area contributed by atoms with Gasteiger partial charge in [0.2, 0.25) is 0 Å². The maximum absolute atomic E-state index is 2.37. The van der Waals surface area contributed by atoms with Gasteiger partial charge in [-0.3, -0.25) is 0 Å². The van der Waals surface area contributed by atoms with Crippen LogP contribution >= 0.6 is 11.3 Å². The Balaban J connectivity index is 1.09. The second-order valence-electron chi connectivity index (χ2n) is 13.3. The molecule has 0 aliphatic heterocycles. The molecule has 7 aromatic carbocycles. The molecule has 0 amide bonds. The lowest BCUT2D eigenvalue weighted by Crippen LogP contribution is -2.14. The molecule has 2 aromatic heterocycles. The van der Waals surface area contributed by atoms with Crippen LogP contribution in [0.1, 0.15) is 25.0 Å². The van der Waals surface area contributed by atoms with Crippen LogP contribution in [0.5, 0.6) is 0 Å². The minimum absolute atomic E-state index is 0.00835. The molecule has 1 aliphatic rings. The molecule has 0 spiro atoms. The van der Waals surface area contributed by atoms with Gasteiger partial charge in [0.15, 0.2) is 0 Å². The summed E-state index contributed by atoms with van der Waals surface area (Å²) in [6, 6.07) is 56.0. The Morgan fingerprint density at radius 1 is 0.447 bits per heavy atom. The van der Waals surface area contributed by atoms with Gasteiger partial charge in [0, 0.05) is 47.6 Å². The SMILES string of the molecule is CC1(C)c2ccccc2-c2c1ccc1c2sc2c(-c3ccc(-c4ccc5c(c4)c4ccccc4n5-c4ccccc4)cc3)cccc21. The Morgan fingerprint density at radius 2 is 1.11 bits per heavy atom. The van der Waals surface area contributed by atoms with Crippen LogP contribution in [0.3, 0.4) is 0 Å². The van der Waals surface area contributed by atoms with Gasteiger partial charge in [-0.1, -0.05) is 135 Å². The molecule has 0 saturated heterocycles. The van der Waals surface area contributed by atoms with E-state index in [1.165, 1.54) is 92.2 Å². The average molecular weight is 618 g/mol. The predicted octanol–water partition coefficient (Wildman–Crippen LogP) is 12.8. The van der Waals surface area contributed by atoms with Gasteiger partial charge >= 0.3 is 0 Å². The normalized spacial score (nSPS) is 13.5. The monoisotopic (exact) mass is 617 g/mol. The number of hydrogen-bond donors (Lipinski definition) is 0. The van der Waals surface area contributed by atoms with Gasteiger partial charge in [0.1, 0.15) is 0 Å². The minimum Gasteiger partial charge on any atom is -0.309 e. The van der Waals surface area contributed by atoms with Crippen molar-refractivity contribution in [2.24, 2.45) is 0 Å². The third-order valence-electron chi connectivity index (χ3n) is 10.4. The number of rotatable bonds is 3. The van der Waals surface area contributed by atoms with E-state index < -0.39 is 0 Å². The Kier molecular flexibility index (Phi) is 5.57. The van der Waals surface area contributed by atoms with Crippen molar-refractivity contribution in [1.29, 1.82) is 0 Å². The summed E-state index contributed by atoms with van der Waals surface area (Å²) < 4.78 is 5.14. The Labute approximate surface area is 278 Å². The summed E-state index contributed by atoms with van der Waals surface area (Å²) in [5.41, 5.74) is 14.4. The van der Waals surface area contributed by atoms with Crippen molar-refractivity contribution < 1.29 is 0 Å². The highest BCUT2D eigenvalue weighted by Gasteiger charge is 2.36. The van der Waals surface area contributed by atoms with E-state index >= 15 is 0 Å². The highest BCUT2D eigenvalue weighted by Crippen LogP contribution is 2.54. The smallest absolute Gasteiger partial charge is 0.0541 e. The lowest BCUT2D eigenvalue weighted by Gasteiger charge is -2.21. The third kappa shape index (κ3) is 3.77. The first kappa shape index (κ1) is 26.7. The molecule has 9 aromatic rings. The third-order valence-corrected chi connectivity index (χ3v) is 11.7. The molecule has 0 saturated carbocycles. The molecule has 0 N–H and O–H groups in total. The molecule has 2 heteroatoms. The number of nitrogens with zero attached hydrogens (tertiary/aromatic N) is 1. The molecule has 222 valence electrons. The van der Waals surface area contributed by atoms with Crippen molar-refractivity contribution in [2.75, 3.05) is 0 Å². The molecule has 2 heterocycles. The number of hydrogen-bond acceptors (Lipinski definition) is 1. The largest absolute Gasteiger partial charge is 0.309 e. The molecular formula is C45H31NS. The summed E-state index contributed by atoms with van der Waals surface area (Å²) >= 11 is 1.95. The topological polar surface area (TPSA) is 4.93 Å². The van der Waals surface area contributed by atoms with Gasteiger partial charge in [-0.05, 0) is 69.3 Å². The molecule has 47 heavy (non-hydrogen) atoms. The van der Waals surface area contributed by atoms with Crippen molar-refractivity contribution >= 4 is 53.3 Å². The zero-order valence-corrected chi connectivity index (χ0v) is 27.1. The van der Waals surface area contributed by atoms with Gasteiger partial charge < -0.3 is 4.57 Å². The number of fused-ring (bicyclic) bond motifs is 10. The maximum atomic E-state index is 2.37. The van der Waals surface area contributed by atoms with Gasteiger partial charge in [-0.15, -0.1) is 11.3 Å². The lowest BCUT2D eigenvalue weighted by molar-refractivity contribution is 0.661. The van der Waals surface area contributed by atoms with Crippen LogP contribution in [-0.2, 0) is 5.41 Å². The quantitative estimate of drug-likeness (QED) is 0.186. The van der Waals surface area contributed by atoms with E-state index in [1.807, 2.05) is 11.3 Å². The van der Waals surface area contributed by atoms with Crippen LogP contribution < -0.4 is 0 Å². The predicted molar refractivity (Wildman–Crippen MR) is 202 cm³/mol. The lowest BCUT2D eigenvalue weighted by atomic mass is 9.82. The maximum Gasteiger partial charge on any atom is 0.0541 e. The number of aromatic nitrogens is 1. The first-order valence-corrected chi connectivity index (χ1v) is 17.2. The Morgan fingerprint density at radius 3 is 1.98 bits per heavy atom. The zero-order chi connectivity index (χ0) is 31.3. The van der Waals surface area contributed by atoms with Crippen molar-refractivity contribution in [3.8, 4) is 39.1 Å². The first-order chi connectivity index (χ1) is 23.1. The molecule has 0 radical (unpaired) electrons. The molecule has 0 bridgehead atoms. The molecule has 1 aliphatic carbocycles. The van der Waals surface area contributed by atoms with E-state index in [9.17, 15) is 0 Å². The molecule has 0 fully saturated rings. The molecule has 0 unspecified atom stereocenters. The summed E-state index contributed by atoms with van der Waals surface area (Å²) in [5, 5.41) is 5.26. The van der Waals surface area contributed by atoms with Crippen LogP contribution in [0.4, 0.5) is 0 Å². The van der Waals surface area contributed by atoms with E-state index in [0.29, 0.717) is 0 Å². The van der Waals surface area contributed by atoms with Crippen LogP contribution in [0.25, 0.3) is 81.0 Å². The van der Waals surface area contributed by atoms with Crippen molar-refractivity contribution in [3.63, 3.8) is 0 Å². The molecule has 10 rings (SSSR count). The van der Waals surface area contributed by atoms with E-state index in [0.717, 1.165) is 0 Å². The summed E-state index contributed by atoms with van der Waals surface area (Å²) in [7, 11) is 0. The van der Waals surface area contributed by atoms with Crippen LogP contribution in [0.15, 0.2) is 152 Å². The van der Waals surface area contributed by atoms with Gasteiger partial charge in [-0.2, -0.15) is 0 Å². The Hall–Kier alpha value is -5.44. The summed E-state index contributed by atoms with van der Waals surface area (Å²) in [6.07, 6.45) is 0. The van der Waals surface area contributed by atoms with Gasteiger partial charge in [0.05, 0.1) is 11.0 Å². The van der Waals surface area contributed by atoms with E-state index in [1.54, 1.807) is 0 Å². The van der Waals surface area contributed by atoms with Crippen LogP contribution in [-0.4, -0.2) is 4.57 Å². The van der Waals surface area contributed by atoms with Gasteiger partial charge in [0.25, 0.3) is 0 Å². The van der Waals surface area contributed by atoms with Crippen molar-refractivity contribution in [3.05, 3.63) is 163 Å². The van der Waals surface area contributed by atoms with Crippen LogP contribution in [0, 0.1) is 0 Å². The number of thiophene rings is 1. The summed E-state index contributed by atoms with van der Waals surface area (Å²) in [5.74, 6) is 0. The molecular weight excluding hydrogens is 587 g/mol. The average Bonchev–Trinajstić information content (AvgIpc) is 3.74. The standard InChI is InChI=1S/C45H31NS/c1-45(2)38-17-8-6-14-36(38)42-39(45)25-24-35-34-16-10-15-32(43(34)47-44(35)42)29-21-19-28(20-22-29)30-23-26-41-37(27-30)33-13-7-9-18-40(33)46(41)31-11-4-3-5-12-31/h3-27H,1-2H3.